The van der Waals surface area contributed by atoms with Gasteiger partial charge in [-0.05, 0) is 91.5 Å². The minimum Gasteiger partial charge on any atom is -0.393 e. The number of nitrogens with one attached hydrogen (secondary N) is 2. The van der Waals surface area contributed by atoms with Crippen molar-refractivity contribution < 1.29 is 55.3 Å². The highest BCUT2D eigenvalue weighted by Gasteiger charge is 2.40. The lowest BCUT2D eigenvalue weighted by molar-refractivity contribution is -0.143. The number of piperidine rings is 1. The second kappa shape index (κ2) is 21.4. The van der Waals surface area contributed by atoms with Gasteiger partial charge in [-0.1, -0.05) is 36.4 Å². The zero-order valence-electron chi connectivity index (χ0n) is 39.0. The summed E-state index contributed by atoms with van der Waals surface area (Å²) in [5, 5.41) is 15.8. The Labute approximate surface area is 406 Å². The molecule has 378 valence electrons. The van der Waals surface area contributed by atoms with Crippen LogP contribution in [0.5, 0.6) is 0 Å². The molecule has 1 unspecified atom stereocenters. The van der Waals surface area contributed by atoms with E-state index in [9.17, 15) is 45.8 Å². The number of aryl methyl sites for hydroxylation is 1. The van der Waals surface area contributed by atoms with Crippen LogP contribution in [0.15, 0.2) is 73.1 Å². The van der Waals surface area contributed by atoms with E-state index in [1.165, 1.54) is 6.20 Å². The van der Waals surface area contributed by atoms with E-state index in [1.54, 1.807) is 4.90 Å². The van der Waals surface area contributed by atoms with Crippen molar-refractivity contribution in [2.75, 3.05) is 64.5 Å². The molecule has 14 nitrogen and oxygen atoms in total. The van der Waals surface area contributed by atoms with E-state index in [1.807, 2.05) is 41.1 Å². The number of carbonyl (C=O) groups is 3. The Hall–Kier alpha value is -5.93. The maximum atomic E-state index is 13.6. The molecule has 4 aliphatic rings. The van der Waals surface area contributed by atoms with Crippen molar-refractivity contribution in [1.29, 1.82) is 0 Å². The summed E-state index contributed by atoms with van der Waals surface area (Å²) in [5.41, 5.74) is 2.61. The van der Waals surface area contributed by atoms with Gasteiger partial charge in [-0.15, -0.1) is 0 Å². The summed E-state index contributed by atoms with van der Waals surface area (Å²) in [5.74, 6) is -1.05. The summed E-state index contributed by atoms with van der Waals surface area (Å²) < 4.78 is 95.3. The first-order chi connectivity index (χ1) is 34.1. The number of aliphatic hydroxyl groups is 1. The molecule has 1 aliphatic carbocycles. The van der Waals surface area contributed by atoms with E-state index in [0.29, 0.717) is 93.8 Å². The standard InChI is InChI=1S/C51H56F6N8O6/c52-50(53,54)36-25-37(51(55,56)57)27-38(26-36)59-49-58-28-42-43(31-64(46(42)61-49)39-8-10-40(66)11-9-39)34-6-3-33(4-7-34)29-63-17-15-62(16-18-63)19-21-71-23-22-70-20-1-2-32-5-12-41-35(24-32)30-65(48(41)69)44-13-14-45(67)60-47(44)68/h3-7,12,24-28,31,39-40,44,66H,1-2,8-11,13-23,29-30H2,(H,58,59,61)(H,60,67,68). The fourth-order valence-corrected chi connectivity index (χ4v) is 9.99. The number of alkyl halides is 6. The fraction of sp³-hybridized carbons (Fsp3) is 0.471. The molecule has 5 heterocycles. The van der Waals surface area contributed by atoms with Gasteiger partial charge in [-0.25, -0.2) is 4.98 Å². The van der Waals surface area contributed by atoms with Gasteiger partial charge in [0, 0.05) is 99.5 Å². The number of rotatable bonds is 17. The number of amides is 3. The molecule has 5 aromatic rings. The van der Waals surface area contributed by atoms with Crippen molar-refractivity contribution in [3.63, 3.8) is 0 Å². The molecular formula is C51H56F6N8O6. The lowest BCUT2D eigenvalue weighted by Gasteiger charge is -2.34. The summed E-state index contributed by atoms with van der Waals surface area (Å²) in [7, 11) is 0. The smallest absolute Gasteiger partial charge is 0.393 e. The van der Waals surface area contributed by atoms with E-state index >= 15 is 0 Å². The number of fused-ring (bicyclic) bond motifs is 2. The average Bonchev–Trinajstić information content (AvgIpc) is 3.88. The lowest BCUT2D eigenvalue weighted by Crippen LogP contribution is -2.52. The minimum absolute atomic E-state index is 0.0344. The van der Waals surface area contributed by atoms with Crippen LogP contribution in [0, 0.1) is 0 Å². The third-order valence-corrected chi connectivity index (χ3v) is 13.9. The summed E-state index contributed by atoms with van der Waals surface area (Å²) in [6, 6.07) is 14.6. The molecule has 0 spiro atoms. The molecule has 20 heteroatoms. The Morgan fingerprint density at radius 1 is 0.761 bits per heavy atom. The molecule has 3 N–H and O–H groups in total. The first-order valence-corrected chi connectivity index (χ1v) is 24.1. The zero-order chi connectivity index (χ0) is 49.9. The number of aliphatic hydroxyl groups excluding tert-OH is 1. The largest absolute Gasteiger partial charge is 0.416 e. The Morgan fingerprint density at radius 3 is 2.13 bits per heavy atom. The predicted molar refractivity (Wildman–Crippen MR) is 250 cm³/mol. The molecule has 2 aromatic heterocycles. The Kier molecular flexibility index (Phi) is 15.1. The SMILES string of the molecule is O=C1CCC(N2Cc3cc(CCCOCCOCCN4CCN(Cc5ccc(-c6cn(C7CCC(O)CC7)c7nc(Nc8cc(C(F)(F)F)cc(C(F)(F)F)c8)ncc67)cc5)CC4)ccc3C2=O)C(=O)N1. The van der Waals surface area contributed by atoms with E-state index in [-0.39, 0.29) is 36.3 Å². The van der Waals surface area contributed by atoms with Crippen LogP contribution in [-0.2, 0) is 50.9 Å². The van der Waals surface area contributed by atoms with E-state index in [4.69, 9.17) is 9.47 Å². The molecule has 71 heavy (non-hydrogen) atoms. The number of hydrogen-bond acceptors (Lipinski definition) is 11. The average molecular weight is 991 g/mol. The number of ether oxygens (including phenoxy) is 2. The first kappa shape index (κ1) is 50.0. The monoisotopic (exact) mass is 990 g/mol. The van der Waals surface area contributed by atoms with Crippen LogP contribution in [0.3, 0.4) is 0 Å². The van der Waals surface area contributed by atoms with Gasteiger partial charge in [0.15, 0.2) is 0 Å². The summed E-state index contributed by atoms with van der Waals surface area (Å²) in [6.45, 7) is 7.76. The number of nitrogens with zero attached hydrogens (tertiary/aromatic N) is 6. The van der Waals surface area contributed by atoms with Gasteiger partial charge in [0.1, 0.15) is 11.7 Å². The van der Waals surface area contributed by atoms with E-state index in [2.05, 4.69) is 42.5 Å². The van der Waals surface area contributed by atoms with E-state index < -0.39 is 47.2 Å². The van der Waals surface area contributed by atoms with Crippen molar-refractivity contribution in [2.24, 2.45) is 0 Å². The molecule has 3 amide bonds. The highest BCUT2D eigenvalue weighted by molar-refractivity contribution is 6.05. The molecule has 2 saturated heterocycles. The lowest BCUT2D eigenvalue weighted by atomic mass is 9.93. The molecule has 3 aromatic carbocycles. The molecule has 1 atom stereocenters. The number of piperazine rings is 1. The van der Waals surface area contributed by atoms with Crippen molar-refractivity contribution in [2.45, 2.75) is 95.0 Å². The molecule has 9 rings (SSSR count). The zero-order valence-corrected chi connectivity index (χ0v) is 39.0. The normalized spacial score (nSPS) is 20.5. The summed E-state index contributed by atoms with van der Waals surface area (Å²) in [4.78, 5) is 52.2. The summed E-state index contributed by atoms with van der Waals surface area (Å²) in [6.07, 6.45) is -2.26. The van der Waals surface area contributed by atoms with Crippen molar-refractivity contribution in [3.05, 3.63) is 106 Å². The number of halogens is 6. The second-order valence-electron chi connectivity index (χ2n) is 18.8. The molecule has 3 aliphatic heterocycles. The summed E-state index contributed by atoms with van der Waals surface area (Å²) >= 11 is 0. The van der Waals surface area contributed by atoms with Crippen LogP contribution in [0.25, 0.3) is 22.2 Å². The molecular weight excluding hydrogens is 935 g/mol. The number of imide groups is 1. The number of hydrogen-bond donors (Lipinski definition) is 3. The van der Waals surface area contributed by atoms with Gasteiger partial charge in [-0.3, -0.25) is 29.5 Å². The van der Waals surface area contributed by atoms with Crippen molar-refractivity contribution in [3.8, 4) is 11.1 Å². The van der Waals surface area contributed by atoms with Gasteiger partial charge < -0.3 is 29.4 Å². The van der Waals surface area contributed by atoms with Crippen LogP contribution in [0.2, 0.25) is 0 Å². The van der Waals surface area contributed by atoms with E-state index in [0.717, 1.165) is 79.9 Å². The number of aromatic nitrogens is 3. The predicted octanol–water partition coefficient (Wildman–Crippen LogP) is 7.90. The van der Waals surface area contributed by atoms with Gasteiger partial charge in [0.25, 0.3) is 5.91 Å². The third kappa shape index (κ3) is 12.1. The van der Waals surface area contributed by atoms with Gasteiger partial charge in [-0.2, -0.15) is 31.3 Å². The Morgan fingerprint density at radius 2 is 1.44 bits per heavy atom. The van der Waals surface area contributed by atoms with Crippen LogP contribution < -0.4 is 10.6 Å². The van der Waals surface area contributed by atoms with Crippen molar-refractivity contribution >= 4 is 40.4 Å². The molecule has 1 saturated carbocycles. The highest BCUT2D eigenvalue weighted by atomic mass is 19.4. The number of carbonyl (C=O) groups excluding carboxylic acids is 3. The van der Waals surface area contributed by atoms with Gasteiger partial charge in [0.2, 0.25) is 17.8 Å². The van der Waals surface area contributed by atoms with Gasteiger partial charge >= 0.3 is 12.4 Å². The van der Waals surface area contributed by atoms with Gasteiger partial charge in [0.05, 0.1) is 37.1 Å². The van der Waals surface area contributed by atoms with Crippen LogP contribution in [-0.4, -0.2) is 123 Å². The van der Waals surface area contributed by atoms with Crippen molar-refractivity contribution in [1.82, 2.24) is 34.6 Å². The molecule has 0 bridgehead atoms. The highest BCUT2D eigenvalue weighted by Crippen LogP contribution is 2.40. The maximum Gasteiger partial charge on any atom is 0.416 e. The maximum absolute atomic E-state index is 13.6. The Balaban J connectivity index is 0.713. The van der Waals surface area contributed by atoms with Crippen LogP contribution in [0.1, 0.15) is 89.2 Å². The number of anilines is 2. The minimum atomic E-state index is -5.00. The topological polar surface area (TPSA) is 154 Å². The van der Waals surface area contributed by atoms with Crippen LogP contribution in [0.4, 0.5) is 38.0 Å². The second-order valence-corrected chi connectivity index (χ2v) is 18.8. The quantitative estimate of drug-likeness (QED) is 0.0474. The third-order valence-electron chi connectivity index (χ3n) is 13.9. The Bertz CT molecular complexity index is 2680. The first-order valence-electron chi connectivity index (χ1n) is 24.1. The van der Waals surface area contributed by atoms with Crippen LogP contribution >= 0.6 is 0 Å². The molecule has 0 radical (unpaired) electrons. The fourth-order valence-electron chi connectivity index (χ4n) is 9.99. The molecule has 3 fully saturated rings. The number of benzene rings is 3.